The van der Waals surface area contributed by atoms with Crippen LogP contribution < -0.4 is 5.32 Å². The lowest BCUT2D eigenvalue weighted by Crippen LogP contribution is -2.39. The number of hydrogen-bond donors (Lipinski definition) is 1. The molecule has 0 aliphatic carbocycles. The Hall–Kier alpha value is -1.29. The summed E-state index contributed by atoms with van der Waals surface area (Å²) in [5.41, 5.74) is 1.81. The van der Waals surface area contributed by atoms with Gasteiger partial charge in [-0.25, -0.2) is 9.50 Å². The second-order valence-electron chi connectivity index (χ2n) is 5.79. The van der Waals surface area contributed by atoms with Gasteiger partial charge < -0.3 is 5.32 Å². The summed E-state index contributed by atoms with van der Waals surface area (Å²) >= 11 is 6.21. The predicted molar refractivity (Wildman–Crippen MR) is 80.1 cm³/mol. The highest BCUT2D eigenvalue weighted by molar-refractivity contribution is 6.21. The van der Waals surface area contributed by atoms with Gasteiger partial charge in [0.25, 0.3) is 0 Å². The Bertz CT molecular complexity index is 572. The van der Waals surface area contributed by atoms with Crippen LogP contribution in [0.3, 0.4) is 0 Å². The molecule has 0 aromatic carbocycles. The highest BCUT2D eigenvalue weighted by Gasteiger charge is 2.25. The van der Waals surface area contributed by atoms with Crippen LogP contribution in [0, 0.1) is 0 Å². The zero-order chi connectivity index (χ0) is 14.2. The number of aromatic nitrogens is 3. The molecule has 0 aliphatic rings. The van der Waals surface area contributed by atoms with Gasteiger partial charge in [-0.05, 0) is 32.8 Å². The predicted octanol–water partition coefficient (Wildman–Crippen LogP) is 3.67. The number of halogens is 1. The van der Waals surface area contributed by atoms with E-state index in [1.807, 2.05) is 17.6 Å². The maximum atomic E-state index is 6.21. The van der Waals surface area contributed by atoms with E-state index in [1.165, 1.54) is 0 Å². The Morgan fingerprint density at radius 3 is 2.58 bits per heavy atom. The molecule has 4 nitrogen and oxygen atoms in total. The molecule has 0 bridgehead atoms. The molecule has 0 fully saturated rings. The van der Waals surface area contributed by atoms with Gasteiger partial charge in [-0.1, -0.05) is 13.8 Å². The zero-order valence-electron chi connectivity index (χ0n) is 12.1. The number of hydrogen-bond acceptors (Lipinski definition) is 3. The quantitative estimate of drug-likeness (QED) is 0.869. The second kappa shape index (κ2) is 5.00. The van der Waals surface area contributed by atoms with E-state index < -0.39 is 0 Å². The minimum absolute atomic E-state index is 0.0120. The normalized spacial score (nSPS) is 14.1. The summed E-state index contributed by atoms with van der Waals surface area (Å²) in [4.78, 5) is 4.42. The maximum absolute atomic E-state index is 6.21. The minimum atomic E-state index is -0.237. The molecule has 1 atom stereocenters. The fourth-order valence-corrected chi connectivity index (χ4v) is 1.78. The van der Waals surface area contributed by atoms with Crippen molar-refractivity contribution in [3.8, 4) is 0 Å². The van der Waals surface area contributed by atoms with E-state index in [-0.39, 0.29) is 10.9 Å². The average molecular weight is 281 g/mol. The summed E-state index contributed by atoms with van der Waals surface area (Å²) < 4.78 is 1.86. The number of rotatable bonds is 4. The van der Waals surface area contributed by atoms with Crippen LogP contribution in [0.25, 0.3) is 5.52 Å². The molecule has 19 heavy (non-hydrogen) atoms. The summed E-state index contributed by atoms with van der Waals surface area (Å²) in [5, 5.41) is 7.95. The summed E-state index contributed by atoms with van der Waals surface area (Å²) in [6.45, 7) is 10.4. The Morgan fingerprint density at radius 1 is 1.32 bits per heavy atom. The van der Waals surface area contributed by atoms with Crippen molar-refractivity contribution in [1.29, 1.82) is 0 Å². The van der Waals surface area contributed by atoms with Gasteiger partial charge in [-0.15, -0.1) is 11.6 Å². The molecule has 1 N–H and O–H groups in total. The van der Waals surface area contributed by atoms with E-state index in [0.717, 1.165) is 17.0 Å². The zero-order valence-corrected chi connectivity index (χ0v) is 12.9. The van der Waals surface area contributed by atoms with Gasteiger partial charge in [0.15, 0.2) is 5.82 Å². The van der Waals surface area contributed by atoms with Gasteiger partial charge in [0.05, 0.1) is 11.1 Å². The number of nitrogens with zero attached hydrogens (tertiary/aromatic N) is 3. The van der Waals surface area contributed by atoms with Crippen LogP contribution in [-0.4, -0.2) is 25.5 Å². The van der Waals surface area contributed by atoms with Crippen LogP contribution in [0.5, 0.6) is 0 Å². The van der Waals surface area contributed by atoms with Gasteiger partial charge in [0.1, 0.15) is 5.52 Å². The monoisotopic (exact) mass is 280 g/mol. The Labute approximate surface area is 119 Å². The molecule has 2 rings (SSSR count). The first kappa shape index (κ1) is 14.1. The lowest BCUT2D eigenvalue weighted by molar-refractivity contribution is 0.553. The fraction of sp³-hybridized carbons (Fsp3) is 0.571. The van der Waals surface area contributed by atoms with Gasteiger partial charge in [-0.3, -0.25) is 0 Å². The lowest BCUT2D eigenvalue weighted by atomic mass is 10.0. The maximum Gasteiger partial charge on any atom is 0.152 e. The molecule has 104 valence electrons. The summed E-state index contributed by atoms with van der Waals surface area (Å²) in [7, 11) is 0. The highest BCUT2D eigenvalue weighted by Crippen LogP contribution is 2.25. The highest BCUT2D eigenvalue weighted by atomic mass is 35.5. The van der Waals surface area contributed by atoms with Crippen molar-refractivity contribution in [3.05, 3.63) is 24.2 Å². The number of anilines is 1. The van der Waals surface area contributed by atoms with Crippen molar-refractivity contribution >= 4 is 22.9 Å². The standard InChI is InChI=1S/C14H21ClN4/c1-9(2)11-8-12-13(16-6-7-19(12)18-11)17-14(4,5)10(3)15/h6-10H,1-5H3,(H,16,17). The number of alkyl halides is 1. The van der Waals surface area contributed by atoms with E-state index >= 15 is 0 Å². The van der Waals surface area contributed by atoms with Crippen molar-refractivity contribution < 1.29 is 0 Å². The smallest absolute Gasteiger partial charge is 0.152 e. The van der Waals surface area contributed by atoms with E-state index in [2.05, 4.69) is 49.2 Å². The van der Waals surface area contributed by atoms with Gasteiger partial charge in [0, 0.05) is 17.9 Å². The van der Waals surface area contributed by atoms with Gasteiger partial charge >= 0.3 is 0 Å². The summed E-state index contributed by atoms with van der Waals surface area (Å²) in [5.74, 6) is 1.21. The SMILES string of the molecule is CC(C)c1cc2c(NC(C)(C)C(C)Cl)nccn2n1. The number of nitrogens with one attached hydrogen (secondary N) is 1. The minimum Gasteiger partial charge on any atom is -0.362 e. The molecule has 0 radical (unpaired) electrons. The molecule has 0 spiro atoms. The Morgan fingerprint density at radius 2 is 2.00 bits per heavy atom. The molecule has 0 amide bonds. The Kier molecular flexibility index (Phi) is 3.72. The van der Waals surface area contributed by atoms with Crippen LogP contribution in [-0.2, 0) is 0 Å². The molecule has 2 aromatic heterocycles. The van der Waals surface area contributed by atoms with Crippen molar-refractivity contribution in [1.82, 2.24) is 14.6 Å². The first-order valence-electron chi connectivity index (χ1n) is 6.58. The topological polar surface area (TPSA) is 42.2 Å². The number of fused-ring (bicyclic) bond motifs is 1. The van der Waals surface area contributed by atoms with Crippen molar-refractivity contribution in [2.24, 2.45) is 0 Å². The molecule has 0 aliphatic heterocycles. The van der Waals surface area contributed by atoms with Crippen LogP contribution in [0.4, 0.5) is 5.82 Å². The van der Waals surface area contributed by atoms with E-state index in [0.29, 0.717) is 5.92 Å². The second-order valence-corrected chi connectivity index (χ2v) is 6.45. The van der Waals surface area contributed by atoms with E-state index in [4.69, 9.17) is 11.6 Å². The molecular formula is C14H21ClN4. The van der Waals surface area contributed by atoms with Crippen molar-refractivity contribution in [3.63, 3.8) is 0 Å². The van der Waals surface area contributed by atoms with Crippen LogP contribution in [0.15, 0.2) is 18.5 Å². The van der Waals surface area contributed by atoms with Crippen LogP contribution >= 0.6 is 11.6 Å². The van der Waals surface area contributed by atoms with E-state index in [9.17, 15) is 0 Å². The Balaban J connectivity index is 2.44. The summed E-state index contributed by atoms with van der Waals surface area (Å²) in [6.07, 6.45) is 3.62. The molecule has 5 heteroatoms. The van der Waals surface area contributed by atoms with Gasteiger partial charge in [0.2, 0.25) is 0 Å². The third kappa shape index (κ3) is 2.84. The first-order chi connectivity index (χ1) is 8.81. The average Bonchev–Trinajstić information content (AvgIpc) is 2.73. The van der Waals surface area contributed by atoms with Gasteiger partial charge in [-0.2, -0.15) is 5.10 Å². The molecule has 2 heterocycles. The fourth-order valence-electron chi connectivity index (χ4n) is 1.72. The van der Waals surface area contributed by atoms with E-state index in [1.54, 1.807) is 6.20 Å². The first-order valence-corrected chi connectivity index (χ1v) is 7.01. The third-order valence-corrected chi connectivity index (χ3v) is 3.98. The van der Waals surface area contributed by atoms with Crippen molar-refractivity contribution in [2.45, 2.75) is 51.5 Å². The molecule has 1 unspecified atom stereocenters. The third-order valence-electron chi connectivity index (χ3n) is 3.44. The molecule has 0 saturated carbocycles. The molecular weight excluding hydrogens is 260 g/mol. The van der Waals surface area contributed by atoms with Crippen LogP contribution in [0.1, 0.15) is 46.2 Å². The largest absolute Gasteiger partial charge is 0.362 e. The molecule has 0 saturated heterocycles. The van der Waals surface area contributed by atoms with Crippen LogP contribution in [0.2, 0.25) is 0 Å². The molecule has 2 aromatic rings. The summed E-state index contributed by atoms with van der Waals surface area (Å²) in [6, 6.07) is 2.08. The van der Waals surface area contributed by atoms with Crippen molar-refractivity contribution in [2.75, 3.05) is 5.32 Å². The lowest BCUT2D eigenvalue weighted by Gasteiger charge is -2.29.